The molecule has 0 spiro atoms. The Labute approximate surface area is 122 Å². The second kappa shape index (κ2) is 5.74. The predicted octanol–water partition coefficient (Wildman–Crippen LogP) is 1.58. The van der Waals surface area contributed by atoms with Gasteiger partial charge in [0.05, 0.1) is 6.04 Å². The summed E-state index contributed by atoms with van der Waals surface area (Å²) in [5.41, 5.74) is 0. The number of sulfonamides is 1. The van der Waals surface area contributed by atoms with Gasteiger partial charge in [-0.2, -0.15) is 0 Å². The summed E-state index contributed by atoms with van der Waals surface area (Å²) in [6.45, 7) is 3.56. The fourth-order valence-electron chi connectivity index (χ4n) is 1.71. The SMILES string of the molecule is CNS(=O)(=O)c1ccc(C(=O)N[C@@H](C)c2ccc(C)o2)o1. The minimum atomic E-state index is -3.70. The van der Waals surface area contributed by atoms with E-state index in [-0.39, 0.29) is 16.9 Å². The molecular formula is C13H16N2O5S. The van der Waals surface area contributed by atoms with Crippen LogP contribution in [0.3, 0.4) is 0 Å². The van der Waals surface area contributed by atoms with E-state index in [1.807, 2.05) is 0 Å². The fraction of sp³-hybridized carbons (Fsp3) is 0.308. The van der Waals surface area contributed by atoms with Crippen LogP contribution in [-0.2, 0) is 10.0 Å². The topological polar surface area (TPSA) is 102 Å². The number of carbonyl (C=O) groups is 1. The summed E-state index contributed by atoms with van der Waals surface area (Å²) in [5.74, 6) is 0.745. The quantitative estimate of drug-likeness (QED) is 0.872. The molecule has 21 heavy (non-hydrogen) atoms. The van der Waals surface area contributed by atoms with Crippen molar-refractivity contribution in [2.24, 2.45) is 0 Å². The van der Waals surface area contributed by atoms with Gasteiger partial charge in [-0.25, -0.2) is 13.1 Å². The number of amides is 1. The summed E-state index contributed by atoms with van der Waals surface area (Å²) in [6, 6.07) is 5.73. The molecule has 0 bridgehead atoms. The molecule has 0 fully saturated rings. The van der Waals surface area contributed by atoms with Gasteiger partial charge in [-0.05, 0) is 45.2 Å². The monoisotopic (exact) mass is 312 g/mol. The number of carbonyl (C=O) groups excluding carboxylic acids is 1. The molecule has 8 heteroatoms. The van der Waals surface area contributed by atoms with E-state index in [9.17, 15) is 13.2 Å². The Morgan fingerprint density at radius 1 is 1.19 bits per heavy atom. The highest BCUT2D eigenvalue weighted by atomic mass is 32.2. The Balaban J connectivity index is 2.11. The molecule has 0 unspecified atom stereocenters. The first-order valence-corrected chi connectivity index (χ1v) is 7.72. The Bertz CT molecular complexity index is 744. The number of aryl methyl sites for hydroxylation is 1. The maximum Gasteiger partial charge on any atom is 0.287 e. The van der Waals surface area contributed by atoms with Gasteiger partial charge >= 0.3 is 0 Å². The molecule has 1 atom stereocenters. The summed E-state index contributed by atoms with van der Waals surface area (Å²) in [6.07, 6.45) is 0. The van der Waals surface area contributed by atoms with Crippen LogP contribution in [0.5, 0.6) is 0 Å². The van der Waals surface area contributed by atoms with Crippen molar-refractivity contribution in [1.82, 2.24) is 10.0 Å². The lowest BCUT2D eigenvalue weighted by atomic mass is 10.2. The molecule has 7 nitrogen and oxygen atoms in total. The van der Waals surface area contributed by atoms with Crippen molar-refractivity contribution in [2.75, 3.05) is 7.05 Å². The molecule has 2 aromatic rings. The summed E-state index contributed by atoms with van der Waals surface area (Å²) >= 11 is 0. The van der Waals surface area contributed by atoms with Crippen molar-refractivity contribution in [3.8, 4) is 0 Å². The maximum absolute atomic E-state index is 12.0. The van der Waals surface area contributed by atoms with Crippen molar-refractivity contribution in [1.29, 1.82) is 0 Å². The van der Waals surface area contributed by atoms with Crippen molar-refractivity contribution < 1.29 is 22.0 Å². The lowest BCUT2D eigenvalue weighted by Gasteiger charge is -2.09. The molecule has 0 aromatic carbocycles. The number of rotatable bonds is 5. The van der Waals surface area contributed by atoms with Gasteiger partial charge in [0.15, 0.2) is 5.76 Å². The number of hydrogen-bond acceptors (Lipinski definition) is 5. The predicted molar refractivity (Wildman–Crippen MR) is 74.3 cm³/mol. The van der Waals surface area contributed by atoms with E-state index in [1.165, 1.54) is 19.2 Å². The van der Waals surface area contributed by atoms with Gasteiger partial charge in [0.25, 0.3) is 15.9 Å². The average molecular weight is 312 g/mol. The van der Waals surface area contributed by atoms with E-state index in [0.29, 0.717) is 5.76 Å². The molecule has 0 aliphatic carbocycles. The zero-order valence-electron chi connectivity index (χ0n) is 11.8. The van der Waals surface area contributed by atoms with Crippen LogP contribution in [0.1, 0.15) is 35.0 Å². The molecule has 2 aromatic heterocycles. The van der Waals surface area contributed by atoms with Crippen molar-refractivity contribution in [3.05, 3.63) is 41.5 Å². The van der Waals surface area contributed by atoms with Crippen LogP contribution in [-0.4, -0.2) is 21.4 Å². The number of hydrogen-bond donors (Lipinski definition) is 2. The first kappa shape index (κ1) is 15.3. The van der Waals surface area contributed by atoms with E-state index >= 15 is 0 Å². The van der Waals surface area contributed by atoms with Gasteiger partial charge < -0.3 is 14.2 Å². The van der Waals surface area contributed by atoms with Gasteiger partial charge in [0, 0.05) is 0 Å². The van der Waals surface area contributed by atoms with Crippen LogP contribution >= 0.6 is 0 Å². The summed E-state index contributed by atoms with van der Waals surface area (Å²) in [4.78, 5) is 12.0. The average Bonchev–Trinajstić information content (AvgIpc) is 3.07. The molecule has 1 amide bonds. The van der Waals surface area contributed by atoms with E-state index in [0.717, 1.165) is 5.76 Å². The van der Waals surface area contributed by atoms with Crippen LogP contribution in [0.25, 0.3) is 0 Å². The minimum Gasteiger partial charge on any atom is -0.464 e. The molecule has 2 N–H and O–H groups in total. The molecule has 0 saturated carbocycles. The molecular weight excluding hydrogens is 296 g/mol. The van der Waals surface area contributed by atoms with Crippen LogP contribution in [0, 0.1) is 6.92 Å². The molecule has 0 aliphatic heterocycles. The first-order valence-electron chi connectivity index (χ1n) is 6.24. The second-order valence-corrected chi connectivity index (χ2v) is 6.29. The van der Waals surface area contributed by atoms with E-state index < -0.39 is 15.9 Å². The van der Waals surface area contributed by atoms with Gasteiger partial charge in [-0.3, -0.25) is 4.79 Å². The normalized spacial score (nSPS) is 13.1. The second-order valence-electron chi connectivity index (χ2n) is 4.47. The van der Waals surface area contributed by atoms with Crippen molar-refractivity contribution in [2.45, 2.75) is 25.0 Å². The van der Waals surface area contributed by atoms with Gasteiger partial charge in [-0.15, -0.1) is 0 Å². The highest BCUT2D eigenvalue weighted by Gasteiger charge is 2.21. The Hall–Kier alpha value is -2.06. The lowest BCUT2D eigenvalue weighted by Crippen LogP contribution is -2.26. The van der Waals surface area contributed by atoms with E-state index in [4.69, 9.17) is 8.83 Å². The lowest BCUT2D eigenvalue weighted by molar-refractivity contribution is 0.0901. The molecule has 2 heterocycles. The molecule has 114 valence electrons. The zero-order chi connectivity index (χ0) is 15.6. The van der Waals surface area contributed by atoms with Crippen LogP contribution in [0.2, 0.25) is 0 Å². The smallest absolute Gasteiger partial charge is 0.287 e. The zero-order valence-corrected chi connectivity index (χ0v) is 12.7. The highest BCUT2D eigenvalue weighted by Crippen LogP contribution is 2.18. The van der Waals surface area contributed by atoms with E-state index in [1.54, 1.807) is 26.0 Å². The van der Waals surface area contributed by atoms with Crippen LogP contribution < -0.4 is 10.0 Å². The third-order valence-electron chi connectivity index (χ3n) is 2.87. The largest absolute Gasteiger partial charge is 0.464 e. The summed E-state index contributed by atoms with van der Waals surface area (Å²) in [5, 5.41) is 2.36. The van der Waals surface area contributed by atoms with Gasteiger partial charge in [0.2, 0.25) is 5.09 Å². The maximum atomic E-state index is 12.0. The number of furan rings is 2. The van der Waals surface area contributed by atoms with Crippen LogP contribution in [0.4, 0.5) is 0 Å². The van der Waals surface area contributed by atoms with E-state index in [2.05, 4.69) is 10.0 Å². The Morgan fingerprint density at radius 2 is 1.90 bits per heavy atom. The van der Waals surface area contributed by atoms with Crippen LogP contribution in [0.15, 0.2) is 38.2 Å². The Morgan fingerprint density at radius 3 is 2.48 bits per heavy atom. The summed E-state index contributed by atoms with van der Waals surface area (Å²) in [7, 11) is -2.44. The first-order chi connectivity index (χ1) is 9.83. The van der Waals surface area contributed by atoms with Gasteiger partial charge in [0.1, 0.15) is 11.5 Å². The van der Waals surface area contributed by atoms with Crippen molar-refractivity contribution >= 4 is 15.9 Å². The third-order valence-corrected chi connectivity index (χ3v) is 4.16. The molecule has 2 rings (SSSR count). The number of nitrogens with one attached hydrogen (secondary N) is 2. The highest BCUT2D eigenvalue weighted by molar-refractivity contribution is 7.89. The Kier molecular flexibility index (Phi) is 4.19. The standard InChI is InChI=1S/C13H16N2O5S/c1-8-4-5-10(19-8)9(2)15-13(16)11-6-7-12(20-11)21(17,18)14-3/h4-7,9,14H,1-3H3,(H,15,16)/t9-/m0/s1. The van der Waals surface area contributed by atoms with Crippen molar-refractivity contribution in [3.63, 3.8) is 0 Å². The fourth-order valence-corrected chi connectivity index (χ4v) is 2.36. The minimum absolute atomic E-state index is 0.0843. The van der Waals surface area contributed by atoms with Gasteiger partial charge in [-0.1, -0.05) is 0 Å². The summed E-state index contributed by atoms with van der Waals surface area (Å²) < 4.78 is 35.6. The molecule has 0 aliphatic rings. The third kappa shape index (κ3) is 3.34. The molecule has 0 saturated heterocycles. The molecule has 0 radical (unpaired) electrons.